The topological polar surface area (TPSA) is 69.9 Å². The summed E-state index contributed by atoms with van der Waals surface area (Å²) in [6.45, 7) is 3.89. The Labute approximate surface area is 160 Å². The number of benzene rings is 1. The lowest BCUT2D eigenvalue weighted by atomic mass is 10.2. The van der Waals surface area contributed by atoms with Gasteiger partial charge >= 0.3 is 5.97 Å². The molecule has 0 aliphatic carbocycles. The minimum absolute atomic E-state index is 0.322. The van der Waals surface area contributed by atoms with Gasteiger partial charge in [0, 0.05) is 10.8 Å². The molecule has 0 unspecified atom stereocenters. The maximum absolute atomic E-state index is 11.9. The largest absolute Gasteiger partial charge is 0.462 e. The van der Waals surface area contributed by atoms with Crippen molar-refractivity contribution in [2.45, 2.75) is 24.6 Å². The van der Waals surface area contributed by atoms with Crippen molar-refractivity contribution in [2.75, 3.05) is 6.61 Å². The van der Waals surface area contributed by atoms with Crippen LogP contribution in [0, 0.1) is 6.92 Å². The number of carbonyl (C=O) groups is 1. The van der Waals surface area contributed by atoms with E-state index in [-0.39, 0.29) is 5.97 Å². The van der Waals surface area contributed by atoms with E-state index in [1.807, 2.05) is 36.4 Å². The van der Waals surface area contributed by atoms with Crippen LogP contribution in [0.25, 0.3) is 5.82 Å². The van der Waals surface area contributed by atoms with E-state index in [4.69, 9.17) is 16.3 Å². The van der Waals surface area contributed by atoms with Crippen LogP contribution in [0.3, 0.4) is 0 Å². The van der Waals surface area contributed by atoms with E-state index in [1.165, 1.54) is 6.20 Å². The van der Waals surface area contributed by atoms with Gasteiger partial charge in [0.2, 0.25) is 0 Å². The molecule has 1 aromatic carbocycles. The summed E-state index contributed by atoms with van der Waals surface area (Å²) in [5.41, 5.74) is 2.25. The zero-order chi connectivity index (χ0) is 18.5. The second-order valence-corrected chi connectivity index (χ2v) is 6.85. The van der Waals surface area contributed by atoms with Gasteiger partial charge in [0.25, 0.3) is 0 Å². The lowest BCUT2D eigenvalue weighted by molar-refractivity contribution is 0.0525. The molecule has 8 heteroatoms. The molecule has 0 radical (unpaired) electrons. The molecule has 134 valence electrons. The van der Waals surface area contributed by atoms with E-state index in [0.29, 0.717) is 23.7 Å². The highest BCUT2D eigenvalue weighted by molar-refractivity contribution is 7.98. The summed E-state index contributed by atoms with van der Waals surface area (Å²) in [7, 11) is 0. The van der Waals surface area contributed by atoms with Gasteiger partial charge in [-0.15, -0.1) is 10.2 Å². The van der Waals surface area contributed by atoms with Crippen LogP contribution >= 0.6 is 23.4 Å². The first-order valence-electron chi connectivity index (χ1n) is 8.01. The van der Waals surface area contributed by atoms with E-state index in [2.05, 4.69) is 15.3 Å². The Bertz CT molecular complexity index is 895. The zero-order valence-electron chi connectivity index (χ0n) is 14.3. The van der Waals surface area contributed by atoms with Gasteiger partial charge in [-0.1, -0.05) is 35.5 Å². The van der Waals surface area contributed by atoms with Crippen LogP contribution in [-0.4, -0.2) is 32.6 Å². The number of nitrogens with zero attached hydrogens (tertiary/aromatic N) is 4. The Hall–Kier alpha value is -2.38. The van der Waals surface area contributed by atoms with E-state index in [9.17, 15) is 4.79 Å². The molecule has 3 rings (SSSR count). The maximum atomic E-state index is 11.9. The number of esters is 1. The summed E-state index contributed by atoms with van der Waals surface area (Å²) in [4.78, 5) is 11.9. The number of hydrogen-bond acceptors (Lipinski definition) is 6. The molecule has 0 aliphatic rings. The number of carbonyl (C=O) groups excluding carboxylic acids is 1. The quantitative estimate of drug-likeness (QED) is 0.468. The Morgan fingerprint density at radius 3 is 2.62 bits per heavy atom. The predicted octanol–water partition coefficient (Wildman–Crippen LogP) is 4.09. The maximum Gasteiger partial charge on any atom is 0.341 e. The highest BCUT2D eigenvalue weighted by atomic mass is 35.5. The zero-order valence-corrected chi connectivity index (χ0v) is 15.9. The number of hydrogen-bond donors (Lipinski definition) is 0. The van der Waals surface area contributed by atoms with Crippen molar-refractivity contribution in [3.63, 3.8) is 0 Å². The molecular weight excluding hydrogens is 372 g/mol. The second kappa shape index (κ2) is 8.33. The fraction of sp³-hybridized carbons (Fsp3) is 0.222. The number of aromatic nitrogens is 4. The third-order valence-electron chi connectivity index (χ3n) is 3.65. The highest BCUT2D eigenvalue weighted by Crippen LogP contribution is 2.22. The van der Waals surface area contributed by atoms with E-state index in [0.717, 1.165) is 21.4 Å². The third kappa shape index (κ3) is 4.23. The average molecular weight is 389 g/mol. The van der Waals surface area contributed by atoms with Crippen LogP contribution in [-0.2, 0) is 10.5 Å². The molecule has 0 amide bonds. The van der Waals surface area contributed by atoms with Crippen molar-refractivity contribution in [1.29, 1.82) is 0 Å². The molecular formula is C18H17ClN4O2S. The monoisotopic (exact) mass is 388 g/mol. The van der Waals surface area contributed by atoms with Crippen LogP contribution < -0.4 is 0 Å². The molecule has 0 bridgehead atoms. The van der Waals surface area contributed by atoms with Crippen LogP contribution in [0.4, 0.5) is 0 Å². The van der Waals surface area contributed by atoms with Crippen LogP contribution in [0.1, 0.15) is 28.5 Å². The van der Waals surface area contributed by atoms with Gasteiger partial charge < -0.3 is 4.74 Å². The molecule has 2 aromatic heterocycles. The molecule has 0 N–H and O–H groups in total. The van der Waals surface area contributed by atoms with Gasteiger partial charge in [-0.3, -0.25) is 0 Å². The molecule has 0 atom stereocenters. The van der Waals surface area contributed by atoms with Crippen molar-refractivity contribution in [3.8, 4) is 5.82 Å². The van der Waals surface area contributed by atoms with Crippen LogP contribution in [0.15, 0.2) is 47.6 Å². The number of ether oxygens (including phenoxy) is 1. The summed E-state index contributed by atoms with van der Waals surface area (Å²) in [6, 6.07) is 11.4. The lowest BCUT2D eigenvalue weighted by Crippen LogP contribution is -2.08. The van der Waals surface area contributed by atoms with Gasteiger partial charge in [-0.2, -0.15) is 5.10 Å². The SMILES string of the molecule is CCOC(=O)c1cnn(-c2ccc(SCc3ccc(Cl)cc3)nn2)c1C. The highest BCUT2D eigenvalue weighted by Gasteiger charge is 2.16. The summed E-state index contributed by atoms with van der Waals surface area (Å²) >= 11 is 7.47. The lowest BCUT2D eigenvalue weighted by Gasteiger charge is -2.05. The van der Waals surface area contributed by atoms with Gasteiger partial charge in [0.15, 0.2) is 5.82 Å². The standard InChI is InChI=1S/C18H17ClN4O2S/c1-3-25-18(24)15-10-20-23(12(15)2)16-8-9-17(22-21-16)26-11-13-4-6-14(19)7-5-13/h4-10H,3,11H2,1-2H3. The summed E-state index contributed by atoms with van der Waals surface area (Å²) in [5, 5.41) is 14.2. The fourth-order valence-electron chi connectivity index (χ4n) is 2.29. The molecule has 2 heterocycles. The molecule has 0 aliphatic heterocycles. The predicted molar refractivity (Wildman–Crippen MR) is 101 cm³/mol. The molecule has 0 spiro atoms. The van der Waals surface area contributed by atoms with E-state index in [1.54, 1.807) is 30.3 Å². The Morgan fingerprint density at radius 2 is 1.96 bits per heavy atom. The summed E-state index contributed by atoms with van der Waals surface area (Å²) in [5.74, 6) is 0.937. The first-order valence-corrected chi connectivity index (χ1v) is 9.38. The van der Waals surface area contributed by atoms with Gasteiger partial charge in [0.1, 0.15) is 10.6 Å². The molecule has 26 heavy (non-hydrogen) atoms. The van der Waals surface area contributed by atoms with Crippen molar-refractivity contribution in [2.24, 2.45) is 0 Å². The van der Waals surface area contributed by atoms with Crippen molar-refractivity contribution < 1.29 is 9.53 Å². The van der Waals surface area contributed by atoms with Crippen molar-refractivity contribution >= 4 is 29.3 Å². The minimum atomic E-state index is -0.389. The molecule has 6 nitrogen and oxygen atoms in total. The second-order valence-electron chi connectivity index (χ2n) is 5.42. The smallest absolute Gasteiger partial charge is 0.341 e. The fourth-order valence-corrected chi connectivity index (χ4v) is 3.19. The third-order valence-corrected chi connectivity index (χ3v) is 4.89. The normalized spacial score (nSPS) is 10.7. The minimum Gasteiger partial charge on any atom is -0.462 e. The first-order chi connectivity index (χ1) is 12.6. The van der Waals surface area contributed by atoms with Gasteiger partial charge in [-0.25, -0.2) is 9.48 Å². The summed E-state index contributed by atoms with van der Waals surface area (Å²) < 4.78 is 6.59. The van der Waals surface area contributed by atoms with Crippen molar-refractivity contribution in [1.82, 2.24) is 20.0 Å². The average Bonchev–Trinajstić information content (AvgIpc) is 3.03. The molecule has 0 saturated heterocycles. The molecule has 0 fully saturated rings. The number of rotatable bonds is 6. The Kier molecular flexibility index (Phi) is 5.90. The van der Waals surface area contributed by atoms with Gasteiger partial charge in [-0.05, 0) is 43.7 Å². The number of halogens is 1. The molecule has 3 aromatic rings. The Balaban J connectivity index is 1.69. The van der Waals surface area contributed by atoms with Crippen LogP contribution in [0.2, 0.25) is 5.02 Å². The van der Waals surface area contributed by atoms with E-state index >= 15 is 0 Å². The van der Waals surface area contributed by atoms with E-state index < -0.39 is 0 Å². The summed E-state index contributed by atoms with van der Waals surface area (Å²) in [6.07, 6.45) is 1.48. The first kappa shape index (κ1) is 18.4. The number of thioether (sulfide) groups is 1. The van der Waals surface area contributed by atoms with Crippen LogP contribution in [0.5, 0.6) is 0 Å². The van der Waals surface area contributed by atoms with Gasteiger partial charge in [0.05, 0.1) is 18.5 Å². The van der Waals surface area contributed by atoms with Crippen molar-refractivity contribution in [3.05, 3.63) is 64.4 Å². The molecule has 0 saturated carbocycles. The Morgan fingerprint density at radius 1 is 1.19 bits per heavy atom.